The van der Waals surface area contributed by atoms with Gasteiger partial charge in [-0.15, -0.1) is 0 Å². The maximum Gasteiger partial charge on any atom is 0.256 e. The molecule has 2 aromatic rings. The smallest absolute Gasteiger partial charge is 0.256 e. The molecule has 1 heterocycles. The molecule has 0 fully saturated rings. The molecule has 0 amide bonds. The molecule has 1 aromatic heterocycles. The van der Waals surface area contributed by atoms with Gasteiger partial charge in [0.15, 0.2) is 0 Å². The van der Waals surface area contributed by atoms with Gasteiger partial charge in [-0.05, 0) is 12.1 Å². The predicted octanol–water partition coefficient (Wildman–Crippen LogP) is 1.46. The quantitative estimate of drug-likeness (QED) is 0.448. The van der Waals surface area contributed by atoms with E-state index in [0.29, 0.717) is 0 Å². The zero-order valence-corrected chi connectivity index (χ0v) is 11.3. The Morgan fingerprint density at radius 1 is 1.20 bits per heavy atom. The second-order valence-corrected chi connectivity index (χ2v) is 4.84. The van der Waals surface area contributed by atoms with Crippen molar-refractivity contribution in [3.05, 3.63) is 53.9 Å². The molecule has 102 valence electrons. The molecule has 0 aliphatic heterocycles. The van der Waals surface area contributed by atoms with E-state index in [1.807, 2.05) is 42.5 Å². The summed E-state index contributed by atoms with van der Waals surface area (Å²) in [5.41, 5.74) is 3.57. The van der Waals surface area contributed by atoms with Gasteiger partial charge >= 0.3 is 0 Å². The highest BCUT2D eigenvalue weighted by Gasteiger charge is 2.13. The topological polar surface area (TPSA) is 92.2 Å². The first-order chi connectivity index (χ1) is 9.49. The van der Waals surface area contributed by atoms with Crippen molar-refractivity contribution < 1.29 is 17.2 Å². The second-order valence-electron chi connectivity index (χ2n) is 3.69. The Morgan fingerprint density at radius 3 is 2.40 bits per heavy atom. The first-order valence-electron chi connectivity index (χ1n) is 5.54. The van der Waals surface area contributed by atoms with E-state index in [2.05, 4.69) is 20.2 Å². The minimum atomic E-state index is -4.41. The third kappa shape index (κ3) is 3.66. The largest absolute Gasteiger partial charge is 0.726 e. The Kier molecular flexibility index (Phi) is 4.16. The van der Waals surface area contributed by atoms with Crippen molar-refractivity contribution in [2.45, 2.75) is 0 Å². The lowest BCUT2D eigenvalue weighted by Gasteiger charge is -1.98. The van der Waals surface area contributed by atoms with Gasteiger partial charge in [0.1, 0.15) is 11.6 Å². The van der Waals surface area contributed by atoms with Gasteiger partial charge in [0.05, 0.1) is 30.9 Å². The van der Waals surface area contributed by atoms with Gasteiger partial charge in [-0.2, -0.15) is 4.98 Å². The Balaban J connectivity index is 0.000000212. The second kappa shape index (κ2) is 5.85. The van der Waals surface area contributed by atoms with Gasteiger partial charge in [-0.1, -0.05) is 12.1 Å². The van der Waals surface area contributed by atoms with E-state index >= 15 is 0 Å². The molecular weight excluding hydrogens is 280 g/mol. The molecule has 0 radical (unpaired) electrons. The molecule has 0 spiro atoms. The van der Waals surface area contributed by atoms with E-state index in [0.717, 1.165) is 29.5 Å². The van der Waals surface area contributed by atoms with Crippen LogP contribution < -0.4 is 0 Å². The summed E-state index contributed by atoms with van der Waals surface area (Å²) in [5, 5.41) is 0. The van der Waals surface area contributed by atoms with Crippen LogP contribution in [0.2, 0.25) is 0 Å². The highest BCUT2D eigenvalue weighted by atomic mass is 32.3. The Labute approximate surface area is 116 Å². The summed E-state index contributed by atoms with van der Waals surface area (Å²) >= 11 is 0. The maximum absolute atomic E-state index is 9.22. The molecule has 1 aliphatic rings. The molecule has 0 atom stereocenters. The highest BCUT2D eigenvalue weighted by Crippen LogP contribution is 2.16. The number of para-hydroxylation sites is 2. The van der Waals surface area contributed by atoms with Crippen LogP contribution in [-0.4, -0.2) is 30.0 Å². The minimum Gasteiger partial charge on any atom is -0.726 e. The van der Waals surface area contributed by atoms with Crippen LogP contribution in [0.3, 0.4) is 0 Å². The van der Waals surface area contributed by atoms with E-state index in [4.69, 9.17) is 0 Å². The first kappa shape index (κ1) is 14.2. The molecule has 1 aliphatic carbocycles. The summed E-state index contributed by atoms with van der Waals surface area (Å²) in [6.07, 6.45) is 8.79. The van der Waals surface area contributed by atoms with Gasteiger partial charge in [0.2, 0.25) is 16.1 Å². The van der Waals surface area contributed by atoms with Crippen LogP contribution in [0.25, 0.3) is 17.1 Å². The van der Waals surface area contributed by atoms with Crippen molar-refractivity contribution in [1.29, 1.82) is 0 Å². The summed E-state index contributed by atoms with van der Waals surface area (Å²) in [6, 6.07) is 7.86. The maximum atomic E-state index is 9.22. The van der Waals surface area contributed by atoms with Gasteiger partial charge in [0.25, 0.3) is 5.69 Å². The number of hydrogen-bond donors (Lipinski definition) is 0. The van der Waals surface area contributed by atoms with Gasteiger partial charge in [0, 0.05) is 0 Å². The summed E-state index contributed by atoms with van der Waals surface area (Å²) in [7, 11) is -3.60. The Bertz CT molecular complexity index is 732. The van der Waals surface area contributed by atoms with Crippen molar-refractivity contribution in [2.24, 2.45) is 0 Å². The number of benzene rings is 1. The normalized spacial score (nSPS) is 12.3. The Hall–Kier alpha value is -2.18. The molecule has 0 saturated carbocycles. The fourth-order valence-corrected chi connectivity index (χ4v) is 1.50. The van der Waals surface area contributed by atoms with Crippen molar-refractivity contribution in [3.8, 4) is 0 Å². The van der Waals surface area contributed by atoms with Crippen molar-refractivity contribution in [2.75, 3.05) is 7.11 Å². The van der Waals surface area contributed by atoms with Crippen molar-refractivity contribution in [1.82, 2.24) is 9.97 Å². The lowest BCUT2D eigenvalue weighted by molar-refractivity contribution is 0.314. The molecule has 0 unspecified atom stereocenters. The summed E-state index contributed by atoms with van der Waals surface area (Å²) in [5.74, 6) is 0. The fourth-order valence-electron chi connectivity index (χ4n) is 1.50. The SMILES string of the molecule is COS(=O)(=O)[O-].[C+]1=CC=Cc2nc3ccccc3nc21. The lowest BCUT2D eigenvalue weighted by Crippen LogP contribution is -1.97. The van der Waals surface area contributed by atoms with E-state index in [-0.39, 0.29) is 0 Å². The number of hydrogen-bond acceptors (Lipinski definition) is 6. The van der Waals surface area contributed by atoms with Crippen LogP contribution in [-0.2, 0) is 14.6 Å². The highest BCUT2D eigenvalue weighted by molar-refractivity contribution is 7.80. The molecular formula is C13H10N2O4S. The number of allylic oxidation sites excluding steroid dienone is 2. The first-order valence-corrected chi connectivity index (χ1v) is 6.87. The number of rotatable bonds is 1. The predicted molar refractivity (Wildman–Crippen MR) is 72.2 cm³/mol. The van der Waals surface area contributed by atoms with E-state index < -0.39 is 10.4 Å². The number of nitrogens with zero attached hydrogens (tertiary/aromatic N) is 2. The number of fused-ring (bicyclic) bond motifs is 2. The molecule has 20 heavy (non-hydrogen) atoms. The standard InChI is InChI=1S/C12H7N2.CH4O4S/c1-2-6-10-9(5-1)13-11-7-3-4-8-12(11)14-10;1-5-6(2,3)4/h1-7H;1H3,(H,2,3,4)/q+1;/p-1. The van der Waals surface area contributed by atoms with Crippen LogP contribution in [0.1, 0.15) is 11.4 Å². The summed E-state index contributed by atoms with van der Waals surface area (Å²) in [4.78, 5) is 8.94. The summed E-state index contributed by atoms with van der Waals surface area (Å²) in [6.45, 7) is 0. The van der Waals surface area contributed by atoms with Crippen LogP contribution >= 0.6 is 0 Å². The molecule has 0 saturated heterocycles. The molecule has 6 nitrogen and oxygen atoms in total. The van der Waals surface area contributed by atoms with E-state index in [1.54, 1.807) is 0 Å². The van der Waals surface area contributed by atoms with Crippen LogP contribution in [0.5, 0.6) is 0 Å². The average molecular weight is 290 g/mol. The minimum absolute atomic E-state index is 0.808. The van der Waals surface area contributed by atoms with Crippen LogP contribution in [0.15, 0.2) is 36.4 Å². The Morgan fingerprint density at radius 2 is 1.80 bits per heavy atom. The average Bonchev–Trinajstić information content (AvgIpc) is 2.45. The van der Waals surface area contributed by atoms with Crippen LogP contribution in [0.4, 0.5) is 0 Å². The third-order valence-electron chi connectivity index (χ3n) is 2.37. The molecule has 0 N–H and O–H groups in total. The van der Waals surface area contributed by atoms with Gasteiger partial charge in [-0.3, -0.25) is 4.18 Å². The lowest BCUT2D eigenvalue weighted by atomic mass is 10.2. The molecule has 3 rings (SSSR count). The van der Waals surface area contributed by atoms with E-state index in [9.17, 15) is 13.0 Å². The molecule has 0 bridgehead atoms. The summed E-state index contributed by atoms with van der Waals surface area (Å²) < 4.78 is 31.0. The molecule has 1 aromatic carbocycles. The van der Waals surface area contributed by atoms with Crippen molar-refractivity contribution in [3.63, 3.8) is 0 Å². The van der Waals surface area contributed by atoms with E-state index in [1.165, 1.54) is 0 Å². The van der Waals surface area contributed by atoms with Crippen molar-refractivity contribution >= 4 is 27.5 Å². The third-order valence-corrected chi connectivity index (χ3v) is 2.78. The fraction of sp³-hybridized carbons (Fsp3) is 0.0769. The monoisotopic (exact) mass is 290 g/mol. The van der Waals surface area contributed by atoms with Gasteiger partial charge in [-0.25, -0.2) is 13.4 Å². The number of aromatic nitrogens is 2. The van der Waals surface area contributed by atoms with Gasteiger partial charge < -0.3 is 4.55 Å². The zero-order chi connectivity index (χ0) is 14.6. The molecule has 7 heteroatoms. The van der Waals surface area contributed by atoms with Crippen LogP contribution in [0, 0.1) is 6.08 Å². The zero-order valence-electron chi connectivity index (χ0n) is 10.5.